The Morgan fingerprint density at radius 1 is 1.18 bits per heavy atom. The molecule has 118 valence electrons. The van der Waals surface area contributed by atoms with Gasteiger partial charge in [0.25, 0.3) is 0 Å². The molecule has 0 atom stereocenters. The fourth-order valence-corrected chi connectivity index (χ4v) is 2.15. The van der Waals surface area contributed by atoms with E-state index in [1.54, 1.807) is 11.8 Å². The van der Waals surface area contributed by atoms with Gasteiger partial charge in [0.15, 0.2) is 5.16 Å². The number of aliphatic carboxylic acids is 2. The monoisotopic (exact) mass is 324 g/mol. The molecule has 7 nitrogen and oxygen atoms in total. The quantitative estimate of drug-likeness (QED) is 0.576. The van der Waals surface area contributed by atoms with Gasteiger partial charge >= 0.3 is 11.9 Å². The number of hydrogen-bond donors (Lipinski definition) is 3. The lowest BCUT2D eigenvalue weighted by Crippen LogP contribution is -2.09. The highest BCUT2D eigenvalue weighted by Gasteiger charge is 2.07. The van der Waals surface area contributed by atoms with Crippen molar-refractivity contribution in [1.29, 1.82) is 0 Å². The van der Waals surface area contributed by atoms with Crippen molar-refractivity contribution in [1.82, 2.24) is 9.55 Å². The number of rotatable bonds is 4. The van der Waals surface area contributed by atoms with Gasteiger partial charge < -0.3 is 19.9 Å². The van der Waals surface area contributed by atoms with Gasteiger partial charge in [0.05, 0.1) is 12.3 Å². The standard InChI is InChI=1S/C12H14N2OS.C2H2O4/c1-16-12-13-11(9-14(12)7-8-15)10-5-3-2-4-6-10;3-1(4)2(5)6/h2-6,9,15H,7-8H2,1H3;(H,3,4)(H,5,6). The Hall–Kier alpha value is -2.32. The smallest absolute Gasteiger partial charge is 0.414 e. The van der Waals surface area contributed by atoms with Crippen molar-refractivity contribution < 1.29 is 24.9 Å². The van der Waals surface area contributed by atoms with Crippen molar-refractivity contribution in [2.75, 3.05) is 12.9 Å². The summed E-state index contributed by atoms with van der Waals surface area (Å²) in [5.41, 5.74) is 2.06. The molecule has 0 unspecified atom stereocenters. The molecule has 0 bridgehead atoms. The Balaban J connectivity index is 0.000000346. The number of aromatic nitrogens is 2. The summed E-state index contributed by atoms with van der Waals surface area (Å²) in [6.07, 6.45) is 3.97. The highest BCUT2D eigenvalue weighted by atomic mass is 32.2. The molecule has 0 aliphatic rings. The van der Waals surface area contributed by atoms with Crippen LogP contribution in [0.3, 0.4) is 0 Å². The van der Waals surface area contributed by atoms with Gasteiger partial charge in [-0.15, -0.1) is 0 Å². The second-order valence-corrected chi connectivity index (χ2v) is 4.78. The third-order valence-corrected chi connectivity index (χ3v) is 3.21. The van der Waals surface area contributed by atoms with Crippen LogP contribution in [0, 0.1) is 0 Å². The maximum atomic E-state index is 9.10. The summed E-state index contributed by atoms with van der Waals surface area (Å²) in [5.74, 6) is -3.65. The molecule has 0 spiro atoms. The number of benzene rings is 1. The number of hydrogen-bond acceptors (Lipinski definition) is 5. The summed E-state index contributed by atoms with van der Waals surface area (Å²) in [4.78, 5) is 22.7. The lowest BCUT2D eigenvalue weighted by atomic mass is 10.2. The van der Waals surface area contributed by atoms with E-state index >= 15 is 0 Å². The van der Waals surface area contributed by atoms with E-state index in [1.165, 1.54) is 0 Å². The van der Waals surface area contributed by atoms with Crippen molar-refractivity contribution in [2.45, 2.75) is 11.7 Å². The SMILES string of the molecule is CSc1nc(-c2ccccc2)cn1CCO.O=C(O)C(=O)O. The van der Waals surface area contributed by atoms with Gasteiger partial charge in [0, 0.05) is 18.3 Å². The minimum atomic E-state index is -1.82. The van der Waals surface area contributed by atoms with Crippen LogP contribution in [0.2, 0.25) is 0 Å². The molecule has 0 radical (unpaired) electrons. The zero-order valence-electron chi connectivity index (χ0n) is 11.8. The summed E-state index contributed by atoms with van der Waals surface area (Å²) < 4.78 is 1.98. The van der Waals surface area contributed by atoms with E-state index in [1.807, 2.05) is 47.4 Å². The number of carbonyl (C=O) groups is 2. The van der Waals surface area contributed by atoms with Crippen LogP contribution in [0.4, 0.5) is 0 Å². The minimum Gasteiger partial charge on any atom is -0.473 e. The molecule has 8 heteroatoms. The predicted molar refractivity (Wildman–Crippen MR) is 81.8 cm³/mol. The van der Waals surface area contributed by atoms with Crippen LogP contribution in [0.1, 0.15) is 0 Å². The minimum absolute atomic E-state index is 0.137. The molecule has 0 saturated heterocycles. The summed E-state index contributed by atoms with van der Waals surface area (Å²) in [7, 11) is 0. The van der Waals surface area contributed by atoms with Crippen LogP contribution < -0.4 is 0 Å². The largest absolute Gasteiger partial charge is 0.473 e. The van der Waals surface area contributed by atoms with Crippen molar-refractivity contribution >= 4 is 23.7 Å². The van der Waals surface area contributed by atoms with Crippen LogP contribution in [-0.2, 0) is 16.1 Å². The summed E-state index contributed by atoms with van der Waals surface area (Å²) >= 11 is 1.59. The maximum absolute atomic E-state index is 9.10. The molecular formula is C14H16N2O5S. The van der Waals surface area contributed by atoms with Crippen LogP contribution in [-0.4, -0.2) is 49.7 Å². The first-order valence-corrected chi connectivity index (χ1v) is 7.45. The number of carboxylic acids is 2. The summed E-state index contributed by atoms with van der Waals surface area (Å²) in [5, 5.41) is 24.7. The van der Waals surface area contributed by atoms with Gasteiger partial charge in [0.1, 0.15) is 0 Å². The summed E-state index contributed by atoms with van der Waals surface area (Å²) in [6.45, 7) is 0.730. The van der Waals surface area contributed by atoms with E-state index in [4.69, 9.17) is 24.9 Å². The zero-order chi connectivity index (χ0) is 16.5. The number of imidazole rings is 1. The molecule has 22 heavy (non-hydrogen) atoms. The predicted octanol–water partition coefficient (Wildman–Crippen LogP) is 1.42. The Labute approximate surface area is 131 Å². The van der Waals surface area contributed by atoms with Gasteiger partial charge in [-0.05, 0) is 6.26 Å². The Kier molecular flexibility index (Phi) is 7.14. The maximum Gasteiger partial charge on any atom is 0.414 e. The molecule has 1 aromatic carbocycles. The van der Waals surface area contributed by atoms with E-state index in [2.05, 4.69) is 4.98 Å². The lowest BCUT2D eigenvalue weighted by molar-refractivity contribution is -0.159. The fourth-order valence-electron chi connectivity index (χ4n) is 1.58. The molecule has 1 heterocycles. The molecule has 0 amide bonds. The third-order valence-electron chi connectivity index (χ3n) is 2.52. The highest BCUT2D eigenvalue weighted by Crippen LogP contribution is 2.22. The number of carboxylic acid groups (broad SMARTS) is 2. The molecule has 1 aromatic heterocycles. The van der Waals surface area contributed by atoms with Crippen molar-refractivity contribution in [3.63, 3.8) is 0 Å². The Bertz CT molecular complexity index is 615. The molecule has 0 aliphatic heterocycles. The van der Waals surface area contributed by atoms with E-state index < -0.39 is 11.9 Å². The normalized spacial score (nSPS) is 9.73. The zero-order valence-corrected chi connectivity index (χ0v) is 12.7. The first-order valence-electron chi connectivity index (χ1n) is 6.23. The fraction of sp³-hybridized carbons (Fsp3) is 0.214. The summed E-state index contributed by atoms with van der Waals surface area (Å²) in [6, 6.07) is 10.1. The number of aliphatic hydroxyl groups is 1. The van der Waals surface area contributed by atoms with Gasteiger partial charge in [-0.1, -0.05) is 42.1 Å². The first kappa shape index (κ1) is 17.7. The molecule has 0 fully saturated rings. The third kappa shape index (κ3) is 5.23. The number of nitrogens with zero attached hydrogens (tertiary/aromatic N) is 2. The lowest BCUT2D eigenvalue weighted by Gasteiger charge is -2.00. The molecule has 0 aliphatic carbocycles. The van der Waals surface area contributed by atoms with Crippen LogP contribution in [0.15, 0.2) is 41.7 Å². The van der Waals surface area contributed by atoms with E-state index in [0.29, 0.717) is 6.54 Å². The van der Waals surface area contributed by atoms with Crippen LogP contribution >= 0.6 is 11.8 Å². The van der Waals surface area contributed by atoms with E-state index in [0.717, 1.165) is 16.4 Å². The average Bonchev–Trinajstić information content (AvgIpc) is 2.92. The Morgan fingerprint density at radius 2 is 1.77 bits per heavy atom. The van der Waals surface area contributed by atoms with Crippen LogP contribution in [0.5, 0.6) is 0 Å². The van der Waals surface area contributed by atoms with Gasteiger partial charge in [-0.3, -0.25) is 0 Å². The van der Waals surface area contributed by atoms with Gasteiger partial charge in [0.2, 0.25) is 0 Å². The van der Waals surface area contributed by atoms with E-state index in [9.17, 15) is 0 Å². The first-order chi connectivity index (χ1) is 10.5. The molecule has 0 saturated carbocycles. The van der Waals surface area contributed by atoms with Crippen molar-refractivity contribution in [3.05, 3.63) is 36.5 Å². The van der Waals surface area contributed by atoms with Crippen molar-refractivity contribution in [2.24, 2.45) is 0 Å². The highest BCUT2D eigenvalue weighted by molar-refractivity contribution is 7.98. The molecule has 2 rings (SSSR count). The second-order valence-electron chi connectivity index (χ2n) is 4.01. The van der Waals surface area contributed by atoms with Gasteiger partial charge in [-0.25, -0.2) is 14.6 Å². The Morgan fingerprint density at radius 3 is 2.23 bits per heavy atom. The topological polar surface area (TPSA) is 113 Å². The number of aliphatic hydroxyl groups excluding tert-OH is 1. The van der Waals surface area contributed by atoms with Crippen molar-refractivity contribution in [3.8, 4) is 11.3 Å². The van der Waals surface area contributed by atoms with Gasteiger partial charge in [-0.2, -0.15) is 0 Å². The number of thioether (sulfide) groups is 1. The molecular weight excluding hydrogens is 308 g/mol. The van der Waals surface area contributed by atoms with Crippen LogP contribution in [0.25, 0.3) is 11.3 Å². The molecule has 3 N–H and O–H groups in total. The average molecular weight is 324 g/mol. The second kappa shape index (κ2) is 8.85. The molecule has 2 aromatic rings. The van der Waals surface area contributed by atoms with E-state index in [-0.39, 0.29) is 6.61 Å².